The van der Waals surface area contributed by atoms with Crippen molar-refractivity contribution in [3.8, 4) is 27.9 Å². The third-order valence-corrected chi connectivity index (χ3v) is 13.5. The van der Waals surface area contributed by atoms with Gasteiger partial charge in [0.25, 0.3) is 0 Å². The highest BCUT2D eigenvalue weighted by molar-refractivity contribution is 6.18. The normalized spacial score (nSPS) is 12.8. The minimum atomic E-state index is -0.459. The van der Waals surface area contributed by atoms with E-state index in [9.17, 15) is 0 Å². The van der Waals surface area contributed by atoms with Crippen molar-refractivity contribution in [2.75, 3.05) is 9.80 Å². The first kappa shape index (κ1) is 36.3. The van der Waals surface area contributed by atoms with E-state index in [1.807, 2.05) is 0 Å². The van der Waals surface area contributed by atoms with Crippen LogP contribution in [0.4, 0.5) is 34.1 Å². The highest BCUT2D eigenvalue weighted by Gasteiger charge is 2.51. The predicted molar refractivity (Wildman–Crippen MR) is 266 cm³/mol. The molecule has 0 aliphatic heterocycles. The van der Waals surface area contributed by atoms with E-state index in [0.717, 1.165) is 50.8 Å². The van der Waals surface area contributed by atoms with Gasteiger partial charge in [0.2, 0.25) is 0 Å². The monoisotopic (exact) mass is 815 g/mol. The van der Waals surface area contributed by atoms with Crippen molar-refractivity contribution in [1.29, 1.82) is 0 Å². The largest absolute Gasteiger partial charge is 0.310 e. The van der Waals surface area contributed by atoms with Crippen LogP contribution in [0.25, 0.3) is 49.7 Å². The summed E-state index contributed by atoms with van der Waals surface area (Å²) in [5.74, 6) is 0. The first-order valence-electron chi connectivity index (χ1n) is 22.1. The van der Waals surface area contributed by atoms with E-state index in [1.165, 1.54) is 55.3 Å². The van der Waals surface area contributed by atoms with E-state index in [-0.39, 0.29) is 0 Å². The van der Waals surface area contributed by atoms with Crippen LogP contribution in [0.1, 0.15) is 22.3 Å². The number of fused-ring (bicyclic) bond motifs is 13. The topological polar surface area (TPSA) is 11.4 Å². The summed E-state index contributed by atoms with van der Waals surface area (Å²) in [5.41, 5.74) is 20.0. The van der Waals surface area contributed by atoms with Crippen LogP contribution in [0.2, 0.25) is 0 Å². The number of anilines is 6. The standard InChI is InChI=1S/C61H41N3/c1-5-21-42(22-6-1)62(43-23-7-2-8-24-43)47-40-58(63(44-25-9-3-10-26-44)45-27-11-4-12-28-45)60-52-32-16-20-36-57(52)64(59(60)41-47)46-37-38-51-50-31-15-19-35-55(50)61(56(51)39-46)53-33-17-13-29-48(53)49-30-14-18-34-54(49)61/h1-41H. The molecule has 300 valence electrons. The molecule has 1 heterocycles. The molecule has 1 spiro atoms. The van der Waals surface area contributed by atoms with Crippen LogP contribution >= 0.6 is 0 Å². The average Bonchev–Trinajstić information content (AvgIpc) is 3.97. The van der Waals surface area contributed by atoms with Gasteiger partial charge < -0.3 is 14.4 Å². The van der Waals surface area contributed by atoms with Crippen molar-refractivity contribution in [2.24, 2.45) is 0 Å². The molecule has 0 N–H and O–H groups in total. The maximum absolute atomic E-state index is 2.52. The lowest BCUT2D eigenvalue weighted by Crippen LogP contribution is -2.26. The van der Waals surface area contributed by atoms with Crippen LogP contribution in [0, 0.1) is 0 Å². The fourth-order valence-electron chi connectivity index (χ4n) is 11.0. The Morgan fingerprint density at radius 1 is 0.297 bits per heavy atom. The molecule has 2 aliphatic carbocycles. The maximum atomic E-state index is 2.52. The van der Waals surface area contributed by atoms with Crippen LogP contribution in [0.15, 0.2) is 249 Å². The molecule has 0 saturated carbocycles. The second-order valence-corrected chi connectivity index (χ2v) is 16.8. The van der Waals surface area contributed by atoms with Gasteiger partial charge in [-0.25, -0.2) is 0 Å². The van der Waals surface area contributed by atoms with E-state index < -0.39 is 5.41 Å². The molecule has 11 aromatic rings. The molecule has 3 nitrogen and oxygen atoms in total. The van der Waals surface area contributed by atoms with E-state index in [1.54, 1.807) is 0 Å². The Kier molecular flexibility index (Phi) is 8.13. The highest BCUT2D eigenvalue weighted by atomic mass is 15.2. The molecule has 13 rings (SSSR count). The minimum Gasteiger partial charge on any atom is -0.310 e. The molecule has 2 aliphatic rings. The second kappa shape index (κ2) is 14.3. The van der Waals surface area contributed by atoms with Crippen molar-refractivity contribution >= 4 is 55.9 Å². The molecule has 10 aromatic carbocycles. The smallest absolute Gasteiger partial charge is 0.0726 e. The van der Waals surface area contributed by atoms with Crippen molar-refractivity contribution < 1.29 is 0 Å². The zero-order valence-electron chi connectivity index (χ0n) is 35.0. The summed E-state index contributed by atoms with van der Waals surface area (Å²) in [7, 11) is 0. The Hall–Kier alpha value is -8.40. The van der Waals surface area contributed by atoms with Gasteiger partial charge in [-0.2, -0.15) is 0 Å². The Bertz CT molecular complexity index is 3410. The number of aromatic nitrogens is 1. The Labute approximate surface area is 373 Å². The van der Waals surface area contributed by atoms with Gasteiger partial charge in [-0.1, -0.05) is 170 Å². The molecular weight excluding hydrogens is 775 g/mol. The Morgan fingerprint density at radius 3 is 1.23 bits per heavy atom. The van der Waals surface area contributed by atoms with Gasteiger partial charge in [0, 0.05) is 39.2 Å². The zero-order chi connectivity index (χ0) is 42.2. The summed E-state index contributed by atoms with van der Waals surface area (Å²) in [6.45, 7) is 0. The average molecular weight is 816 g/mol. The summed E-state index contributed by atoms with van der Waals surface area (Å²) in [5, 5.41) is 2.38. The van der Waals surface area contributed by atoms with Crippen molar-refractivity contribution in [1.82, 2.24) is 4.57 Å². The van der Waals surface area contributed by atoms with Gasteiger partial charge in [-0.05, 0) is 123 Å². The number of hydrogen-bond acceptors (Lipinski definition) is 2. The molecule has 64 heavy (non-hydrogen) atoms. The number of nitrogens with zero attached hydrogens (tertiary/aromatic N) is 3. The zero-order valence-corrected chi connectivity index (χ0v) is 35.0. The summed E-state index contributed by atoms with van der Waals surface area (Å²) in [4.78, 5) is 4.82. The molecule has 0 bridgehead atoms. The first-order valence-corrected chi connectivity index (χ1v) is 22.1. The van der Waals surface area contributed by atoms with Crippen LogP contribution in [-0.4, -0.2) is 4.57 Å². The third-order valence-electron chi connectivity index (χ3n) is 13.5. The van der Waals surface area contributed by atoms with Crippen molar-refractivity contribution in [3.05, 3.63) is 271 Å². The first-order chi connectivity index (χ1) is 31.8. The quantitative estimate of drug-likeness (QED) is 0.159. The van der Waals surface area contributed by atoms with Crippen LogP contribution in [0.3, 0.4) is 0 Å². The molecule has 0 unspecified atom stereocenters. The van der Waals surface area contributed by atoms with E-state index >= 15 is 0 Å². The van der Waals surface area contributed by atoms with Gasteiger partial charge in [-0.15, -0.1) is 0 Å². The number of para-hydroxylation sites is 5. The predicted octanol–water partition coefficient (Wildman–Crippen LogP) is 16.1. The van der Waals surface area contributed by atoms with Gasteiger partial charge >= 0.3 is 0 Å². The molecular formula is C61H41N3. The van der Waals surface area contributed by atoms with Crippen molar-refractivity contribution in [3.63, 3.8) is 0 Å². The lowest BCUT2D eigenvalue weighted by molar-refractivity contribution is 0.792. The molecule has 0 radical (unpaired) electrons. The summed E-state index contributed by atoms with van der Waals surface area (Å²) in [6, 6.07) is 91.2. The van der Waals surface area contributed by atoms with Crippen LogP contribution < -0.4 is 9.80 Å². The Balaban J connectivity index is 1.15. The van der Waals surface area contributed by atoms with E-state index in [2.05, 4.69) is 263 Å². The van der Waals surface area contributed by atoms with Gasteiger partial charge in [0.05, 0.1) is 27.8 Å². The van der Waals surface area contributed by atoms with Crippen LogP contribution in [-0.2, 0) is 5.41 Å². The lowest BCUT2D eigenvalue weighted by atomic mass is 9.70. The fraction of sp³-hybridized carbons (Fsp3) is 0.0164. The summed E-state index contributed by atoms with van der Waals surface area (Å²) < 4.78 is 2.52. The minimum absolute atomic E-state index is 0.459. The fourth-order valence-corrected chi connectivity index (χ4v) is 11.0. The lowest BCUT2D eigenvalue weighted by Gasteiger charge is -2.31. The van der Waals surface area contributed by atoms with Gasteiger partial charge in [0.15, 0.2) is 0 Å². The highest BCUT2D eigenvalue weighted by Crippen LogP contribution is 2.63. The molecule has 0 fully saturated rings. The Morgan fingerprint density at radius 2 is 0.719 bits per heavy atom. The van der Waals surface area contributed by atoms with Gasteiger partial charge in [0.1, 0.15) is 0 Å². The summed E-state index contributed by atoms with van der Waals surface area (Å²) >= 11 is 0. The third kappa shape index (κ3) is 5.22. The molecule has 1 aromatic heterocycles. The number of rotatable bonds is 7. The SMILES string of the molecule is c1ccc(N(c2ccccc2)c2cc(N(c3ccccc3)c3ccccc3)c3c4ccccc4n(-c4ccc5c(c4)C4(c6ccccc6-c6ccccc64)c4ccccc4-5)c3c2)cc1. The molecule has 3 heteroatoms. The second-order valence-electron chi connectivity index (χ2n) is 16.8. The maximum Gasteiger partial charge on any atom is 0.0726 e. The molecule has 0 atom stereocenters. The molecule has 0 saturated heterocycles. The van der Waals surface area contributed by atoms with Crippen LogP contribution in [0.5, 0.6) is 0 Å². The van der Waals surface area contributed by atoms with E-state index in [0.29, 0.717) is 0 Å². The molecule has 0 amide bonds. The summed E-state index contributed by atoms with van der Waals surface area (Å²) in [6.07, 6.45) is 0. The van der Waals surface area contributed by atoms with Gasteiger partial charge in [-0.3, -0.25) is 0 Å². The number of benzene rings is 10. The van der Waals surface area contributed by atoms with Crippen molar-refractivity contribution in [2.45, 2.75) is 5.41 Å². The number of hydrogen-bond donors (Lipinski definition) is 0. The van der Waals surface area contributed by atoms with E-state index in [4.69, 9.17) is 0 Å².